The molecule has 0 atom stereocenters. The van der Waals surface area contributed by atoms with E-state index in [0.29, 0.717) is 18.8 Å². The van der Waals surface area contributed by atoms with E-state index in [-0.39, 0.29) is 5.91 Å². The summed E-state index contributed by atoms with van der Waals surface area (Å²) in [6, 6.07) is 9.80. The van der Waals surface area contributed by atoms with Gasteiger partial charge < -0.3 is 10.6 Å². The highest BCUT2D eigenvalue weighted by Gasteiger charge is 2.22. The maximum absolute atomic E-state index is 12.4. The fourth-order valence-electron chi connectivity index (χ4n) is 3.26. The van der Waals surface area contributed by atoms with Crippen molar-refractivity contribution >= 4 is 34.0 Å². The van der Waals surface area contributed by atoms with Crippen LogP contribution in [-0.2, 0) is 17.8 Å². The van der Waals surface area contributed by atoms with Gasteiger partial charge in [-0.25, -0.2) is 9.97 Å². The van der Waals surface area contributed by atoms with Crippen LogP contribution in [0.1, 0.15) is 11.4 Å². The first kappa shape index (κ1) is 16.9. The average Bonchev–Trinajstić information content (AvgIpc) is 3.15. The molecule has 26 heavy (non-hydrogen) atoms. The molecule has 0 saturated carbocycles. The fourth-order valence-corrected chi connectivity index (χ4v) is 3.93. The van der Waals surface area contributed by atoms with E-state index in [2.05, 4.69) is 14.9 Å². The number of nitrogens with zero attached hydrogens (tertiary/aromatic N) is 4. The quantitative estimate of drug-likeness (QED) is 0.765. The number of fused-ring (bicyclic) bond motifs is 1. The lowest BCUT2D eigenvalue weighted by Crippen LogP contribution is -2.48. The molecular weight excluding hydrogens is 346 g/mol. The Morgan fingerprint density at radius 1 is 1.12 bits per heavy atom. The van der Waals surface area contributed by atoms with Crippen LogP contribution in [0.4, 0.5) is 5.82 Å². The number of carbonyl (C=O) groups is 1. The van der Waals surface area contributed by atoms with Crippen LogP contribution in [0.15, 0.2) is 41.1 Å². The van der Waals surface area contributed by atoms with Gasteiger partial charge in [-0.05, 0) is 34.5 Å². The molecular formula is C19H21N5OS. The minimum Gasteiger partial charge on any atom is -0.383 e. The lowest BCUT2D eigenvalue weighted by atomic mass is 10.2. The van der Waals surface area contributed by atoms with Gasteiger partial charge in [0, 0.05) is 31.6 Å². The largest absolute Gasteiger partial charge is 0.383 e. The standard InChI is InChI=1S/C19H21N5OS/c20-19-15-3-1-2-4-16(15)21-17(22-19)12-23-6-8-24(9-7-23)18(25)11-14-5-10-26-13-14/h1-5,10,13H,6-9,11-12H2,(H2,20,21,22). The second-order valence-electron chi connectivity index (χ2n) is 6.51. The van der Waals surface area contributed by atoms with Gasteiger partial charge in [0.25, 0.3) is 0 Å². The summed E-state index contributed by atoms with van der Waals surface area (Å²) in [6.45, 7) is 3.79. The zero-order chi connectivity index (χ0) is 17.9. The molecule has 2 aromatic heterocycles. The van der Waals surface area contributed by atoms with Gasteiger partial charge in [0.05, 0.1) is 18.5 Å². The van der Waals surface area contributed by atoms with Crippen molar-refractivity contribution in [2.45, 2.75) is 13.0 Å². The summed E-state index contributed by atoms with van der Waals surface area (Å²) in [5.74, 6) is 1.46. The molecule has 1 aromatic carbocycles. The molecule has 0 unspecified atom stereocenters. The minimum atomic E-state index is 0.203. The summed E-state index contributed by atoms with van der Waals surface area (Å²) in [7, 11) is 0. The van der Waals surface area contributed by atoms with Crippen molar-refractivity contribution < 1.29 is 4.79 Å². The van der Waals surface area contributed by atoms with Gasteiger partial charge in [-0.2, -0.15) is 11.3 Å². The monoisotopic (exact) mass is 367 g/mol. The number of hydrogen-bond donors (Lipinski definition) is 1. The highest BCUT2D eigenvalue weighted by Crippen LogP contribution is 2.18. The summed E-state index contributed by atoms with van der Waals surface area (Å²) in [4.78, 5) is 25.7. The number of carbonyl (C=O) groups excluding carboxylic acids is 1. The third kappa shape index (κ3) is 3.68. The Morgan fingerprint density at radius 2 is 1.92 bits per heavy atom. The van der Waals surface area contributed by atoms with Crippen molar-refractivity contribution in [1.82, 2.24) is 19.8 Å². The molecule has 0 aliphatic carbocycles. The summed E-state index contributed by atoms with van der Waals surface area (Å²) in [5, 5.41) is 4.94. The number of thiophene rings is 1. The summed E-state index contributed by atoms with van der Waals surface area (Å²) >= 11 is 1.63. The van der Waals surface area contributed by atoms with Crippen molar-refractivity contribution in [2.24, 2.45) is 0 Å². The van der Waals surface area contributed by atoms with Gasteiger partial charge in [-0.15, -0.1) is 0 Å². The van der Waals surface area contributed by atoms with Crippen LogP contribution >= 0.6 is 11.3 Å². The van der Waals surface area contributed by atoms with Crippen molar-refractivity contribution in [3.05, 3.63) is 52.5 Å². The van der Waals surface area contributed by atoms with Gasteiger partial charge in [-0.1, -0.05) is 12.1 Å². The number of aromatic nitrogens is 2. The fraction of sp³-hybridized carbons (Fsp3) is 0.316. The van der Waals surface area contributed by atoms with Crippen LogP contribution in [-0.4, -0.2) is 51.9 Å². The Balaban J connectivity index is 1.36. The van der Waals surface area contributed by atoms with E-state index in [9.17, 15) is 4.79 Å². The third-order valence-corrected chi connectivity index (χ3v) is 5.44. The summed E-state index contributed by atoms with van der Waals surface area (Å²) in [6.07, 6.45) is 0.494. The van der Waals surface area contributed by atoms with Crippen LogP contribution in [0.5, 0.6) is 0 Å². The maximum atomic E-state index is 12.4. The van der Waals surface area contributed by atoms with Gasteiger partial charge in [0.15, 0.2) is 0 Å². The Labute approximate surface area is 156 Å². The first-order chi connectivity index (χ1) is 12.7. The number of nitrogens with two attached hydrogens (primary N) is 1. The van der Waals surface area contributed by atoms with Crippen molar-refractivity contribution in [3.63, 3.8) is 0 Å². The molecule has 0 radical (unpaired) electrons. The van der Waals surface area contributed by atoms with Crippen molar-refractivity contribution in [2.75, 3.05) is 31.9 Å². The Bertz CT molecular complexity index is 903. The Morgan fingerprint density at radius 3 is 2.69 bits per heavy atom. The summed E-state index contributed by atoms with van der Waals surface area (Å²) < 4.78 is 0. The number of para-hydroxylation sites is 1. The lowest BCUT2D eigenvalue weighted by molar-refractivity contribution is -0.132. The number of amides is 1. The predicted octanol–water partition coefficient (Wildman–Crippen LogP) is 2.16. The van der Waals surface area contributed by atoms with Crippen molar-refractivity contribution in [3.8, 4) is 0 Å². The molecule has 2 N–H and O–H groups in total. The Hall–Kier alpha value is -2.51. The van der Waals surface area contributed by atoms with Crippen LogP contribution in [0.3, 0.4) is 0 Å². The van der Waals surface area contributed by atoms with Crippen LogP contribution in [0.25, 0.3) is 10.9 Å². The number of benzene rings is 1. The van der Waals surface area contributed by atoms with Gasteiger partial charge >= 0.3 is 0 Å². The van der Waals surface area contributed by atoms with E-state index in [1.165, 1.54) is 0 Å². The molecule has 7 heteroatoms. The van der Waals surface area contributed by atoms with Gasteiger partial charge in [0.2, 0.25) is 5.91 Å². The van der Waals surface area contributed by atoms with E-state index in [0.717, 1.165) is 48.5 Å². The second-order valence-corrected chi connectivity index (χ2v) is 7.29. The predicted molar refractivity (Wildman–Crippen MR) is 104 cm³/mol. The molecule has 0 bridgehead atoms. The van der Waals surface area contributed by atoms with E-state index in [1.807, 2.05) is 46.0 Å². The number of nitrogen functional groups attached to an aromatic ring is 1. The first-order valence-electron chi connectivity index (χ1n) is 8.71. The normalized spacial score (nSPS) is 15.5. The van der Waals surface area contributed by atoms with Gasteiger partial charge in [-0.3, -0.25) is 9.69 Å². The molecule has 1 aliphatic heterocycles. The van der Waals surface area contributed by atoms with Gasteiger partial charge in [0.1, 0.15) is 11.6 Å². The molecule has 1 saturated heterocycles. The molecule has 6 nitrogen and oxygen atoms in total. The highest BCUT2D eigenvalue weighted by molar-refractivity contribution is 7.08. The number of hydrogen-bond acceptors (Lipinski definition) is 6. The van der Waals surface area contributed by atoms with Crippen LogP contribution in [0, 0.1) is 0 Å². The molecule has 1 fully saturated rings. The lowest BCUT2D eigenvalue weighted by Gasteiger charge is -2.34. The minimum absolute atomic E-state index is 0.203. The average molecular weight is 367 g/mol. The molecule has 1 aliphatic rings. The first-order valence-corrected chi connectivity index (χ1v) is 9.65. The third-order valence-electron chi connectivity index (χ3n) is 4.70. The van der Waals surface area contributed by atoms with E-state index >= 15 is 0 Å². The number of rotatable bonds is 4. The van der Waals surface area contributed by atoms with Crippen LogP contribution < -0.4 is 5.73 Å². The number of piperazine rings is 1. The highest BCUT2D eigenvalue weighted by atomic mass is 32.1. The zero-order valence-corrected chi connectivity index (χ0v) is 15.3. The van der Waals surface area contributed by atoms with E-state index in [4.69, 9.17) is 5.73 Å². The molecule has 0 spiro atoms. The topological polar surface area (TPSA) is 75.3 Å². The Kier molecular flexibility index (Phi) is 4.81. The van der Waals surface area contributed by atoms with Crippen LogP contribution in [0.2, 0.25) is 0 Å². The van der Waals surface area contributed by atoms with E-state index in [1.54, 1.807) is 11.3 Å². The van der Waals surface area contributed by atoms with Crippen molar-refractivity contribution in [1.29, 1.82) is 0 Å². The maximum Gasteiger partial charge on any atom is 0.227 e. The molecule has 1 amide bonds. The molecule has 134 valence electrons. The molecule has 3 heterocycles. The number of anilines is 1. The van der Waals surface area contributed by atoms with E-state index < -0.39 is 0 Å². The summed E-state index contributed by atoms with van der Waals surface area (Å²) in [5.41, 5.74) is 8.04. The zero-order valence-electron chi connectivity index (χ0n) is 14.5. The second kappa shape index (κ2) is 7.39. The smallest absolute Gasteiger partial charge is 0.227 e. The molecule has 3 aromatic rings. The molecule has 4 rings (SSSR count). The SMILES string of the molecule is Nc1nc(CN2CCN(C(=O)Cc3ccsc3)CC2)nc2ccccc12.